The molecule has 0 saturated heterocycles. The Hall–Kier alpha value is -2.44. The first-order valence-electron chi connectivity index (χ1n) is 6.26. The van der Waals surface area contributed by atoms with E-state index < -0.39 is 18.0 Å². The number of ether oxygens (including phenoxy) is 5. The molecular weight excluding hydrogens is 280 g/mol. The van der Waals surface area contributed by atoms with Crippen LogP contribution in [0.5, 0.6) is 17.2 Å². The second-order valence-electron chi connectivity index (χ2n) is 4.34. The minimum atomic E-state index is -0.779. The van der Waals surface area contributed by atoms with Gasteiger partial charge in [-0.1, -0.05) is 0 Å². The van der Waals surface area contributed by atoms with Gasteiger partial charge in [0, 0.05) is 12.5 Å². The molecule has 7 nitrogen and oxygen atoms in total. The van der Waals surface area contributed by atoms with E-state index in [-0.39, 0.29) is 13.2 Å². The van der Waals surface area contributed by atoms with Gasteiger partial charge in [-0.15, -0.1) is 0 Å². The fourth-order valence-corrected chi connectivity index (χ4v) is 2.00. The lowest BCUT2D eigenvalue weighted by molar-refractivity contribution is -0.152. The van der Waals surface area contributed by atoms with Crippen molar-refractivity contribution in [1.82, 2.24) is 0 Å². The number of methoxy groups -OCH3 is 2. The molecule has 1 aliphatic rings. The summed E-state index contributed by atoms with van der Waals surface area (Å²) >= 11 is 0. The van der Waals surface area contributed by atoms with Gasteiger partial charge in [-0.2, -0.15) is 0 Å². The molecular formula is C14H16O7. The molecule has 2 rings (SSSR count). The summed E-state index contributed by atoms with van der Waals surface area (Å²) in [4.78, 5) is 22.7. The average molecular weight is 296 g/mol. The summed E-state index contributed by atoms with van der Waals surface area (Å²) in [6, 6.07) is 3.30. The van der Waals surface area contributed by atoms with Crippen molar-refractivity contribution >= 4 is 11.9 Å². The van der Waals surface area contributed by atoms with E-state index in [4.69, 9.17) is 18.9 Å². The second kappa shape index (κ2) is 6.34. The molecule has 1 heterocycles. The first-order chi connectivity index (χ1) is 10.0. The van der Waals surface area contributed by atoms with Crippen molar-refractivity contribution in [3.63, 3.8) is 0 Å². The molecule has 21 heavy (non-hydrogen) atoms. The molecule has 7 heteroatoms. The molecule has 0 aromatic heterocycles. The summed E-state index contributed by atoms with van der Waals surface area (Å²) in [5.41, 5.74) is 0.566. The highest BCUT2D eigenvalue weighted by atomic mass is 16.7. The number of benzene rings is 1. The zero-order valence-electron chi connectivity index (χ0n) is 12.0. The molecule has 0 spiro atoms. The summed E-state index contributed by atoms with van der Waals surface area (Å²) in [5.74, 6) is 0.424. The van der Waals surface area contributed by atoms with E-state index >= 15 is 0 Å². The zero-order valence-corrected chi connectivity index (χ0v) is 12.0. The Morgan fingerprint density at radius 2 is 2.05 bits per heavy atom. The number of rotatable bonds is 5. The van der Waals surface area contributed by atoms with Gasteiger partial charge >= 0.3 is 11.9 Å². The minimum Gasteiger partial charge on any atom is -0.493 e. The Morgan fingerprint density at radius 1 is 1.29 bits per heavy atom. The highest BCUT2D eigenvalue weighted by molar-refractivity contribution is 5.72. The molecule has 0 bridgehead atoms. The van der Waals surface area contributed by atoms with Crippen LogP contribution in [0.1, 0.15) is 25.0 Å². The second-order valence-corrected chi connectivity index (χ2v) is 4.34. The number of esters is 2. The van der Waals surface area contributed by atoms with Crippen LogP contribution in [0.15, 0.2) is 12.1 Å². The lowest BCUT2D eigenvalue weighted by Gasteiger charge is -2.17. The van der Waals surface area contributed by atoms with Crippen molar-refractivity contribution in [3.8, 4) is 17.2 Å². The zero-order chi connectivity index (χ0) is 15.4. The summed E-state index contributed by atoms with van der Waals surface area (Å²) in [6.45, 7) is 1.36. The van der Waals surface area contributed by atoms with Crippen molar-refractivity contribution in [3.05, 3.63) is 17.7 Å². The highest BCUT2D eigenvalue weighted by Gasteiger charge is 2.26. The Balaban J connectivity index is 2.34. The quantitative estimate of drug-likeness (QED) is 0.763. The van der Waals surface area contributed by atoms with E-state index in [2.05, 4.69) is 4.74 Å². The van der Waals surface area contributed by atoms with Gasteiger partial charge in [-0.25, -0.2) is 0 Å². The van der Waals surface area contributed by atoms with Crippen LogP contribution in [0.3, 0.4) is 0 Å². The first-order valence-corrected chi connectivity index (χ1v) is 6.26. The molecule has 0 radical (unpaired) electrons. The van der Waals surface area contributed by atoms with Crippen LogP contribution in [-0.4, -0.2) is 33.0 Å². The highest BCUT2D eigenvalue weighted by Crippen LogP contribution is 2.43. The Labute approximate surface area is 121 Å². The number of carbonyl (C=O) groups is 2. The Kier molecular flexibility index (Phi) is 4.52. The third-order valence-corrected chi connectivity index (χ3v) is 2.94. The normalized spacial score (nSPS) is 13.5. The fourth-order valence-electron chi connectivity index (χ4n) is 2.00. The van der Waals surface area contributed by atoms with Gasteiger partial charge in [0.05, 0.1) is 20.6 Å². The lowest BCUT2D eigenvalue weighted by Crippen LogP contribution is -2.14. The summed E-state index contributed by atoms with van der Waals surface area (Å²) < 4.78 is 25.6. The maximum atomic E-state index is 11.5. The average Bonchev–Trinajstić information content (AvgIpc) is 2.93. The lowest BCUT2D eigenvalue weighted by atomic mass is 10.0. The van der Waals surface area contributed by atoms with Crippen molar-refractivity contribution in [1.29, 1.82) is 0 Å². The molecule has 1 aliphatic heterocycles. The molecule has 0 aliphatic carbocycles. The predicted molar refractivity (Wildman–Crippen MR) is 70.3 cm³/mol. The predicted octanol–water partition coefficient (Wildman–Crippen LogP) is 1.59. The van der Waals surface area contributed by atoms with E-state index in [1.807, 2.05) is 0 Å². The number of hydrogen-bond acceptors (Lipinski definition) is 7. The standard InChI is InChI=1S/C14H16O7/c1-8(15)21-10(6-13(16)18-3)9-4-11(17-2)14-12(5-9)19-7-20-14/h4-5,10H,6-7H2,1-3H3. The van der Waals surface area contributed by atoms with Crippen molar-refractivity contribution in [2.24, 2.45) is 0 Å². The maximum absolute atomic E-state index is 11.5. The molecule has 0 fully saturated rings. The van der Waals surface area contributed by atoms with E-state index in [0.29, 0.717) is 22.8 Å². The van der Waals surface area contributed by atoms with Gasteiger partial charge in [0.1, 0.15) is 6.10 Å². The maximum Gasteiger partial charge on any atom is 0.309 e. The number of carbonyl (C=O) groups excluding carboxylic acids is 2. The van der Waals surface area contributed by atoms with Gasteiger partial charge in [0.25, 0.3) is 0 Å². The summed E-state index contributed by atoms with van der Waals surface area (Å²) in [5, 5.41) is 0. The van der Waals surface area contributed by atoms with Crippen LogP contribution in [0.4, 0.5) is 0 Å². The fraction of sp³-hybridized carbons (Fsp3) is 0.429. The van der Waals surface area contributed by atoms with Crippen LogP contribution in [-0.2, 0) is 19.1 Å². The smallest absolute Gasteiger partial charge is 0.309 e. The van der Waals surface area contributed by atoms with E-state index in [0.717, 1.165) is 0 Å². The van der Waals surface area contributed by atoms with Gasteiger partial charge in [-0.3, -0.25) is 9.59 Å². The van der Waals surface area contributed by atoms with Crippen molar-refractivity contribution < 1.29 is 33.3 Å². The van der Waals surface area contributed by atoms with Gasteiger partial charge in [0.15, 0.2) is 11.5 Å². The molecule has 0 amide bonds. The number of hydrogen-bond donors (Lipinski definition) is 0. The van der Waals surface area contributed by atoms with Gasteiger partial charge in [0.2, 0.25) is 12.5 Å². The van der Waals surface area contributed by atoms with Crippen LogP contribution >= 0.6 is 0 Å². The third kappa shape index (κ3) is 3.36. The van der Waals surface area contributed by atoms with Crippen LogP contribution in [0, 0.1) is 0 Å². The topological polar surface area (TPSA) is 80.3 Å². The van der Waals surface area contributed by atoms with Crippen LogP contribution in [0.2, 0.25) is 0 Å². The number of fused-ring (bicyclic) bond motifs is 1. The molecule has 1 aromatic rings. The van der Waals surface area contributed by atoms with Crippen LogP contribution < -0.4 is 14.2 Å². The van der Waals surface area contributed by atoms with Gasteiger partial charge < -0.3 is 23.7 Å². The third-order valence-electron chi connectivity index (χ3n) is 2.94. The minimum absolute atomic E-state index is 0.0877. The Bertz CT molecular complexity index is 552. The first kappa shape index (κ1) is 15.0. The van der Waals surface area contributed by atoms with Gasteiger partial charge in [-0.05, 0) is 12.1 Å². The van der Waals surface area contributed by atoms with Crippen LogP contribution in [0.25, 0.3) is 0 Å². The molecule has 114 valence electrons. The van der Waals surface area contributed by atoms with E-state index in [1.165, 1.54) is 21.1 Å². The molecule has 1 unspecified atom stereocenters. The largest absolute Gasteiger partial charge is 0.493 e. The van der Waals surface area contributed by atoms with Crippen molar-refractivity contribution in [2.75, 3.05) is 21.0 Å². The van der Waals surface area contributed by atoms with E-state index in [1.54, 1.807) is 12.1 Å². The molecule has 1 atom stereocenters. The molecule has 1 aromatic carbocycles. The van der Waals surface area contributed by atoms with E-state index in [9.17, 15) is 9.59 Å². The molecule has 0 N–H and O–H groups in total. The summed E-state index contributed by atoms with van der Waals surface area (Å²) in [7, 11) is 2.76. The van der Waals surface area contributed by atoms with Crippen molar-refractivity contribution in [2.45, 2.75) is 19.4 Å². The Morgan fingerprint density at radius 3 is 2.67 bits per heavy atom. The molecule has 0 saturated carbocycles. The SMILES string of the molecule is COC(=O)CC(OC(C)=O)c1cc(OC)c2c(c1)OCO2. The monoisotopic (exact) mass is 296 g/mol. The summed E-state index contributed by atoms with van der Waals surface area (Å²) in [6.07, 6.45) is -0.878.